The van der Waals surface area contributed by atoms with Gasteiger partial charge in [0.1, 0.15) is 5.83 Å². The minimum absolute atomic E-state index is 2.43. The molecule has 21 heavy (non-hydrogen) atoms. The van der Waals surface area contributed by atoms with Crippen molar-refractivity contribution in [3.63, 3.8) is 0 Å². The van der Waals surface area contributed by atoms with Crippen molar-refractivity contribution in [2.45, 2.75) is 29.4 Å². The van der Waals surface area contributed by atoms with Gasteiger partial charge < -0.3 is 0 Å². The Kier molecular flexibility index (Phi) is 2.68. The molecule has 0 aromatic heterocycles. The normalized spacial score (nSPS) is 30.6. The lowest BCUT2D eigenvalue weighted by Crippen LogP contribution is -2.54. The molecule has 0 aromatic carbocycles. The van der Waals surface area contributed by atoms with Crippen LogP contribution in [0.15, 0.2) is 23.1 Å². The fourth-order valence-electron chi connectivity index (χ4n) is 2.00. The number of hydrogen-bond donors (Lipinski definition) is 0. The molecule has 0 bridgehead atoms. The zero-order valence-electron chi connectivity index (χ0n) is 9.04. The van der Waals surface area contributed by atoms with E-state index in [9.17, 15) is 52.7 Å². The summed E-state index contributed by atoms with van der Waals surface area (Å²) in [4.78, 5) is 0. The maximum Gasteiger partial charge on any atom is 0.382 e. The molecule has 2 rings (SSSR count). The first-order valence-electron chi connectivity index (χ1n) is 4.77. The average Bonchev–Trinajstić information content (AvgIpc) is 2.96. The summed E-state index contributed by atoms with van der Waals surface area (Å²) in [5.41, 5.74) is -11.6. The molecule has 2 aliphatic rings. The summed E-state index contributed by atoms with van der Waals surface area (Å²) in [6, 6.07) is 0. The van der Waals surface area contributed by atoms with E-state index in [1.807, 2.05) is 0 Å². The van der Waals surface area contributed by atoms with Crippen LogP contribution >= 0.6 is 0 Å². The van der Waals surface area contributed by atoms with Gasteiger partial charge in [-0.25, -0.2) is 8.78 Å². The lowest BCUT2D eigenvalue weighted by molar-refractivity contribution is -0.303. The third-order valence-electron chi connectivity index (χ3n) is 3.21. The molecular weight excluding hydrogens is 336 g/mol. The fraction of sp³-hybridized carbons (Fsp3) is 0.556. The molecule has 12 heteroatoms. The predicted molar refractivity (Wildman–Crippen MR) is 41.0 cm³/mol. The largest absolute Gasteiger partial charge is 0.382 e. The fourth-order valence-corrected chi connectivity index (χ4v) is 2.00. The molecule has 1 fully saturated rings. The molecular formula is C9F12. The highest BCUT2D eigenvalue weighted by atomic mass is 19.4. The van der Waals surface area contributed by atoms with Gasteiger partial charge >= 0.3 is 23.7 Å². The van der Waals surface area contributed by atoms with Crippen molar-refractivity contribution in [3.8, 4) is 0 Å². The number of halogens is 12. The van der Waals surface area contributed by atoms with E-state index < -0.39 is 52.4 Å². The molecule has 120 valence electrons. The second kappa shape index (κ2) is 3.51. The highest BCUT2D eigenvalue weighted by Crippen LogP contribution is 2.74. The molecule has 0 aromatic rings. The molecule has 0 spiro atoms. The third-order valence-corrected chi connectivity index (χ3v) is 3.21. The Hall–Kier alpha value is -1.36. The Morgan fingerprint density at radius 3 is 1.19 bits per heavy atom. The quantitative estimate of drug-likeness (QED) is 0.612. The summed E-state index contributed by atoms with van der Waals surface area (Å²) in [6.07, 6.45) is -3.29. The maximum absolute atomic E-state index is 13.8. The van der Waals surface area contributed by atoms with Crippen LogP contribution in [-0.4, -0.2) is 29.4 Å². The first-order valence-corrected chi connectivity index (χ1v) is 4.77. The van der Waals surface area contributed by atoms with Crippen LogP contribution in [0.25, 0.3) is 0 Å². The number of alkyl halides is 9. The Balaban J connectivity index is 2.78. The first-order chi connectivity index (χ1) is 9.10. The molecule has 0 heterocycles. The first kappa shape index (κ1) is 16.0. The van der Waals surface area contributed by atoms with E-state index in [1.54, 1.807) is 0 Å². The number of rotatable bonds is 1. The SMILES string of the molecule is FC(F)=C1C(F)=C1C1(F)C(F)(F)C(F)(F)C(F)(F)C1(F)F. The van der Waals surface area contributed by atoms with E-state index in [0.29, 0.717) is 0 Å². The number of allylic oxidation sites excluding steroid dienone is 3. The monoisotopic (exact) mass is 336 g/mol. The van der Waals surface area contributed by atoms with Gasteiger partial charge in [-0.3, -0.25) is 0 Å². The average molecular weight is 336 g/mol. The van der Waals surface area contributed by atoms with E-state index in [1.165, 1.54) is 0 Å². The maximum atomic E-state index is 13.8. The van der Waals surface area contributed by atoms with Crippen molar-refractivity contribution in [1.82, 2.24) is 0 Å². The van der Waals surface area contributed by atoms with Gasteiger partial charge in [-0.05, 0) is 0 Å². The van der Waals surface area contributed by atoms with Crippen molar-refractivity contribution in [1.29, 1.82) is 0 Å². The van der Waals surface area contributed by atoms with Crippen molar-refractivity contribution in [2.24, 2.45) is 0 Å². The van der Waals surface area contributed by atoms with Gasteiger partial charge in [0, 0.05) is 0 Å². The summed E-state index contributed by atoms with van der Waals surface area (Å²) in [5.74, 6) is -30.2. The molecule has 0 nitrogen and oxygen atoms in total. The van der Waals surface area contributed by atoms with E-state index >= 15 is 0 Å². The minimum Gasteiger partial charge on any atom is -0.224 e. The molecule has 0 unspecified atom stereocenters. The Morgan fingerprint density at radius 1 is 0.619 bits per heavy atom. The van der Waals surface area contributed by atoms with Gasteiger partial charge in [0.25, 0.3) is 11.7 Å². The molecule has 1 saturated carbocycles. The standard InChI is InChI=1S/C9F12/c10-3-1(4(11)12)2(3)5(13)6(14,15)8(18,19)9(20,21)7(5,16)17. The predicted octanol–water partition coefficient (Wildman–Crippen LogP) is 4.64. The Labute approximate surface area is 106 Å². The van der Waals surface area contributed by atoms with Crippen molar-refractivity contribution in [3.05, 3.63) is 23.1 Å². The smallest absolute Gasteiger partial charge is 0.224 e. The lowest BCUT2D eigenvalue weighted by Gasteiger charge is -2.28. The van der Waals surface area contributed by atoms with Crippen LogP contribution in [0.5, 0.6) is 0 Å². The minimum atomic E-state index is -6.92. The molecule has 0 N–H and O–H groups in total. The van der Waals surface area contributed by atoms with Crippen LogP contribution in [0.3, 0.4) is 0 Å². The van der Waals surface area contributed by atoms with E-state index in [-0.39, 0.29) is 0 Å². The molecule has 0 atom stereocenters. The highest BCUT2D eigenvalue weighted by Gasteiger charge is 3.02. The van der Waals surface area contributed by atoms with E-state index in [4.69, 9.17) is 0 Å². The summed E-state index contributed by atoms with van der Waals surface area (Å²) >= 11 is 0. The van der Waals surface area contributed by atoms with Gasteiger partial charge in [-0.2, -0.15) is 43.9 Å². The van der Waals surface area contributed by atoms with Crippen molar-refractivity contribution in [2.75, 3.05) is 0 Å². The molecule has 2 aliphatic carbocycles. The van der Waals surface area contributed by atoms with E-state index in [2.05, 4.69) is 0 Å². The van der Waals surface area contributed by atoms with Crippen LogP contribution in [0.1, 0.15) is 0 Å². The van der Waals surface area contributed by atoms with E-state index in [0.717, 1.165) is 0 Å². The second-order valence-corrected chi connectivity index (χ2v) is 4.28. The molecule has 0 amide bonds. The summed E-state index contributed by atoms with van der Waals surface area (Å²) in [6.45, 7) is 0. The Bertz CT molecular complexity index is 550. The third kappa shape index (κ3) is 1.27. The molecule has 0 saturated heterocycles. The highest BCUT2D eigenvalue weighted by molar-refractivity contribution is 5.70. The lowest BCUT2D eigenvalue weighted by atomic mass is 9.93. The number of hydrogen-bond acceptors (Lipinski definition) is 0. The van der Waals surface area contributed by atoms with Crippen LogP contribution in [-0.2, 0) is 0 Å². The summed E-state index contributed by atoms with van der Waals surface area (Å²) < 4.78 is 154. The summed E-state index contributed by atoms with van der Waals surface area (Å²) in [5, 5.41) is 0. The van der Waals surface area contributed by atoms with Gasteiger partial charge in [0.2, 0.25) is 0 Å². The van der Waals surface area contributed by atoms with Gasteiger partial charge in [0.15, 0.2) is 0 Å². The van der Waals surface area contributed by atoms with Gasteiger partial charge in [0.05, 0.1) is 11.1 Å². The zero-order valence-corrected chi connectivity index (χ0v) is 9.04. The molecule has 0 aliphatic heterocycles. The topological polar surface area (TPSA) is 0 Å². The van der Waals surface area contributed by atoms with Crippen LogP contribution in [0, 0.1) is 0 Å². The van der Waals surface area contributed by atoms with Crippen LogP contribution in [0.4, 0.5) is 52.7 Å². The summed E-state index contributed by atoms with van der Waals surface area (Å²) in [7, 11) is 0. The molecule has 0 radical (unpaired) electrons. The Morgan fingerprint density at radius 2 is 0.952 bits per heavy atom. The van der Waals surface area contributed by atoms with Gasteiger partial charge in [-0.15, -0.1) is 0 Å². The zero-order chi connectivity index (χ0) is 16.8. The van der Waals surface area contributed by atoms with Crippen LogP contribution < -0.4 is 0 Å². The van der Waals surface area contributed by atoms with Crippen LogP contribution in [0.2, 0.25) is 0 Å². The second-order valence-electron chi connectivity index (χ2n) is 4.28. The van der Waals surface area contributed by atoms with Gasteiger partial charge in [-0.1, -0.05) is 0 Å². The van der Waals surface area contributed by atoms with Crippen molar-refractivity contribution < 1.29 is 52.7 Å². The van der Waals surface area contributed by atoms with Crippen molar-refractivity contribution >= 4 is 0 Å².